The number of carbonyl (C=O) groups is 1. The molecule has 0 aliphatic heterocycles. The highest BCUT2D eigenvalue weighted by molar-refractivity contribution is 5.71. The zero-order valence-corrected chi connectivity index (χ0v) is 13.5. The van der Waals surface area contributed by atoms with Gasteiger partial charge in [-0.25, -0.2) is 0 Å². The summed E-state index contributed by atoms with van der Waals surface area (Å²) in [6.45, 7) is 6.56. The van der Waals surface area contributed by atoms with Gasteiger partial charge in [-0.1, -0.05) is 78.6 Å². The molecule has 0 N–H and O–H groups in total. The third-order valence-corrected chi connectivity index (χ3v) is 3.77. The second-order valence-corrected chi connectivity index (χ2v) is 6.22. The van der Waals surface area contributed by atoms with E-state index in [0.29, 0.717) is 0 Å². The second-order valence-electron chi connectivity index (χ2n) is 6.22. The van der Waals surface area contributed by atoms with Crippen LogP contribution in [0, 0.1) is 11.8 Å². The Morgan fingerprint density at radius 1 is 0.789 bits per heavy atom. The van der Waals surface area contributed by atoms with Crippen LogP contribution in [0.3, 0.4) is 0 Å². The van der Waals surface area contributed by atoms with E-state index in [-0.39, 0.29) is 11.9 Å². The molecule has 2 nitrogen and oxygen atoms in total. The van der Waals surface area contributed by atoms with Crippen molar-refractivity contribution in [3.63, 3.8) is 0 Å². The van der Waals surface area contributed by atoms with E-state index in [1.165, 1.54) is 58.5 Å². The van der Waals surface area contributed by atoms with E-state index in [9.17, 15) is 4.79 Å². The van der Waals surface area contributed by atoms with Crippen LogP contribution in [-0.4, -0.2) is 13.1 Å². The number of hydrogen-bond donors (Lipinski definition) is 0. The SMILES string of the molecule is COC(=O)C(C)CCCCCCCCCCC(C)C. The summed E-state index contributed by atoms with van der Waals surface area (Å²) in [5, 5.41) is 0. The minimum absolute atomic E-state index is 0.0647. The Morgan fingerprint density at radius 2 is 1.21 bits per heavy atom. The van der Waals surface area contributed by atoms with E-state index >= 15 is 0 Å². The Bertz CT molecular complexity index is 211. The fourth-order valence-electron chi connectivity index (χ4n) is 2.38. The van der Waals surface area contributed by atoms with Gasteiger partial charge in [-0.2, -0.15) is 0 Å². The molecule has 0 aromatic carbocycles. The van der Waals surface area contributed by atoms with E-state index in [4.69, 9.17) is 4.74 Å². The van der Waals surface area contributed by atoms with Crippen molar-refractivity contribution in [3.05, 3.63) is 0 Å². The lowest BCUT2D eigenvalue weighted by molar-refractivity contribution is -0.145. The van der Waals surface area contributed by atoms with Crippen molar-refractivity contribution in [2.75, 3.05) is 7.11 Å². The fraction of sp³-hybridized carbons (Fsp3) is 0.941. The molecule has 0 heterocycles. The number of rotatable bonds is 12. The minimum atomic E-state index is -0.0647. The maximum Gasteiger partial charge on any atom is 0.308 e. The quantitative estimate of drug-likeness (QED) is 0.353. The molecule has 0 aromatic heterocycles. The lowest BCUT2D eigenvalue weighted by Gasteiger charge is -2.08. The molecule has 0 spiro atoms. The molecule has 0 aliphatic carbocycles. The van der Waals surface area contributed by atoms with Crippen molar-refractivity contribution >= 4 is 5.97 Å². The normalized spacial score (nSPS) is 12.7. The third-order valence-electron chi connectivity index (χ3n) is 3.77. The topological polar surface area (TPSA) is 26.3 Å². The Balaban J connectivity index is 3.17. The summed E-state index contributed by atoms with van der Waals surface area (Å²) in [4.78, 5) is 11.2. The van der Waals surface area contributed by atoms with Gasteiger partial charge in [-0.05, 0) is 12.3 Å². The smallest absolute Gasteiger partial charge is 0.308 e. The molecule has 1 atom stereocenters. The summed E-state index contributed by atoms with van der Waals surface area (Å²) in [5.74, 6) is 0.864. The molecule has 0 amide bonds. The van der Waals surface area contributed by atoms with Gasteiger partial charge in [0.05, 0.1) is 13.0 Å². The maximum absolute atomic E-state index is 11.2. The van der Waals surface area contributed by atoms with Crippen LogP contribution in [0.2, 0.25) is 0 Å². The minimum Gasteiger partial charge on any atom is -0.469 e. The Hall–Kier alpha value is -0.530. The van der Waals surface area contributed by atoms with E-state index in [2.05, 4.69) is 13.8 Å². The second kappa shape index (κ2) is 12.5. The predicted octanol–water partition coefficient (Wildman–Crippen LogP) is 5.35. The van der Waals surface area contributed by atoms with Gasteiger partial charge in [-0.3, -0.25) is 4.79 Å². The van der Waals surface area contributed by atoms with Crippen molar-refractivity contribution in [2.45, 2.75) is 85.0 Å². The lowest BCUT2D eigenvalue weighted by atomic mass is 10.0. The van der Waals surface area contributed by atoms with Crippen LogP contribution >= 0.6 is 0 Å². The summed E-state index contributed by atoms with van der Waals surface area (Å²) < 4.78 is 4.72. The summed E-state index contributed by atoms with van der Waals surface area (Å²) in [7, 11) is 1.47. The van der Waals surface area contributed by atoms with Gasteiger partial charge < -0.3 is 4.74 Å². The van der Waals surface area contributed by atoms with Gasteiger partial charge in [0.25, 0.3) is 0 Å². The average molecular weight is 270 g/mol. The van der Waals surface area contributed by atoms with Gasteiger partial charge in [-0.15, -0.1) is 0 Å². The zero-order chi connectivity index (χ0) is 14.5. The number of esters is 1. The van der Waals surface area contributed by atoms with Crippen molar-refractivity contribution in [1.82, 2.24) is 0 Å². The molecule has 0 saturated heterocycles. The summed E-state index contributed by atoms with van der Waals surface area (Å²) in [5.41, 5.74) is 0. The first kappa shape index (κ1) is 18.5. The third kappa shape index (κ3) is 12.3. The van der Waals surface area contributed by atoms with Crippen LogP contribution in [0.1, 0.15) is 85.0 Å². The molecular weight excluding hydrogens is 236 g/mol. The van der Waals surface area contributed by atoms with Gasteiger partial charge in [0.2, 0.25) is 0 Å². The highest BCUT2D eigenvalue weighted by Crippen LogP contribution is 2.15. The molecular formula is C17H34O2. The molecule has 19 heavy (non-hydrogen) atoms. The van der Waals surface area contributed by atoms with E-state index in [1.54, 1.807) is 0 Å². The molecule has 0 radical (unpaired) electrons. The number of methoxy groups -OCH3 is 1. The van der Waals surface area contributed by atoms with E-state index in [1.807, 2.05) is 6.92 Å². The molecule has 0 fully saturated rings. The molecule has 1 unspecified atom stereocenters. The van der Waals surface area contributed by atoms with Crippen LogP contribution in [0.4, 0.5) is 0 Å². The standard InChI is InChI=1S/C17H34O2/c1-15(2)13-11-9-7-5-6-8-10-12-14-16(3)17(18)19-4/h15-16H,5-14H2,1-4H3. The summed E-state index contributed by atoms with van der Waals surface area (Å²) in [6, 6.07) is 0. The molecule has 0 aromatic rings. The monoisotopic (exact) mass is 270 g/mol. The summed E-state index contributed by atoms with van der Waals surface area (Å²) >= 11 is 0. The zero-order valence-electron chi connectivity index (χ0n) is 13.5. The largest absolute Gasteiger partial charge is 0.469 e. The molecule has 114 valence electrons. The molecule has 2 heteroatoms. The van der Waals surface area contributed by atoms with Gasteiger partial charge in [0.1, 0.15) is 0 Å². The molecule has 0 rings (SSSR count). The number of carbonyl (C=O) groups excluding carboxylic acids is 1. The highest BCUT2D eigenvalue weighted by Gasteiger charge is 2.11. The molecule has 0 saturated carbocycles. The Morgan fingerprint density at radius 3 is 1.63 bits per heavy atom. The van der Waals surface area contributed by atoms with Gasteiger partial charge in [0.15, 0.2) is 0 Å². The van der Waals surface area contributed by atoms with Gasteiger partial charge in [0, 0.05) is 0 Å². The molecule has 0 bridgehead atoms. The number of hydrogen-bond acceptors (Lipinski definition) is 2. The first-order chi connectivity index (χ1) is 9.07. The fourth-order valence-corrected chi connectivity index (χ4v) is 2.38. The first-order valence-corrected chi connectivity index (χ1v) is 8.15. The van der Waals surface area contributed by atoms with E-state index in [0.717, 1.165) is 18.8 Å². The maximum atomic E-state index is 11.2. The molecule has 0 aliphatic rings. The Labute approximate surface area is 120 Å². The Kier molecular flexibility index (Phi) is 12.2. The van der Waals surface area contributed by atoms with Crippen LogP contribution in [-0.2, 0) is 9.53 Å². The first-order valence-electron chi connectivity index (χ1n) is 8.15. The highest BCUT2D eigenvalue weighted by atomic mass is 16.5. The average Bonchev–Trinajstić information content (AvgIpc) is 2.39. The van der Waals surface area contributed by atoms with Crippen LogP contribution < -0.4 is 0 Å². The van der Waals surface area contributed by atoms with Gasteiger partial charge >= 0.3 is 5.97 Å². The van der Waals surface area contributed by atoms with Crippen molar-refractivity contribution in [1.29, 1.82) is 0 Å². The summed E-state index contributed by atoms with van der Waals surface area (Å²) in [6.07, 6.45) is 13.0. The van der Waals surface area contributed by atoms with E-state index < -0.39 is 0 Å². The van der Waals surface area contributed by atoms with Crippen LogP contribution in [0.25, 0.3) is 0 Å². The van der Waals surface area contributed by atoms with Crippen molar-refractivity contribution in [3.8, 4) is 0 Å². The lowest BCUT2D eigenvalue weighted by Crippen LogP contribution is -2.12. The van der Waals surface area contributed by atoms with Crippen LogP contribution in [0.15, 0.2) is 0 Å². The van der Waals surface area contributed by atoms with Crippen LogP contribution in [0.5, 0.6) is 0 Å². The number of unbranched alkanes of at least 4 members (excludes halogenated alkanes) is 7. The van der Waals surface area contributed by atoms with Crippen molar-refractivity contribution < 1.29 is 9.53 Å². The van der Waals surface area contributed by atoms with Crippen molar-refractivity contribution in [2.24, 2.45) is 11.8 Å². The predicted molar refractivity (Wildman–Crippen MR) is 82.2 cm³/mol. The number of ether oxygens (including phenoxy) is 1.